The molecule has 0 spiro atoms. The molecule has 0 radical (unpaired) electrons. The van der Waals surface area contributed by atoms with Gasteiger partial charge in [0.25, 0.3) is 0 Å². The lowest BCUT2D eigenvalue weighted by atomic mass is 10.2. The van der Waals surface area contributed by atoms with Crippen LogP contribution in [-0.2, 0) is 4.74 Å². The molecule has 0 amide bonds. The lowest BCUT2D eigenvalue weighted by Gasteiger charge is -2.27. The normalized spacial score (nSPS) is 14.5. The summed E-state index contributed by atoms with van der Waals surface area (Å²) in [6.07, 6.45) is 8.95. The van der Waals surface area contributed by atoms with Gasteiger partial charge in [-0.25, -0.2) is 4.98 Å². The Hall–Kier alpha value is -4.31. The van der Waals surface area contributed by atoms with Crippen molar-refractivity contribution in [1.82, 2.24) is 29.5 Å². The molecule has 5 aromatic rings. The van der Waals surface area contributed by atoms with Crippen molar-refractivity contribution in [3.8, 4) is 5.69 Å². The molecule has 164 valence electrons. The maximum Gasteiger partial charge on any atom is 0.229 e. The Labute approximate surface area is 189 Å². The second kappa shape index (κ2) is 8.32. The van der Waals surface area contributed by atoms with Gasteiger partial charge in [-0.3, -0.25) is 15.0 Å². The first-order valence-corrected chi connectivity index (χ1v) is 10.7. The molecule has 5 heterocycles. The van der Waals surface area contributed by atoms with E-state index in [1.165, 1.54) is 0 Å². The standard InChI is InChI=1S/C23H21N9O/c1-2-4-19-18(3-1)16(13-25-19)14-27-30-21-20-22(29-23(28-21)31-9-11-33-12-10-31)32(15-26-20)17-5-7-24-8-6-17/h1-8,13-15,25H,9-12H2,(H,28,29,30)/b27-14+. The number of hydrogen-bond acceptors (Lipinski definition) is 8. The topological polar surface area (TPSA) is 109 Å². The van der Waals surface area contributed by atoms with Gasteiger partial charge in [0.2, 0.25) is 5.95 Å². The summed E-state index contributed by atoms with van der Waals surface area (Å²) in [4.78, 5) is 23.6. The van der Waals surface area contributed by atoms with Crippen LogP contribution in [0.3, 0.4) is 0 Å². The van der Waals surface area contributed by atoms with Crippen molar-refractivity contribution in [2.75, 3.05) is 36.6 Å². The number of morpholine rings is 1. The molecule has 0 bridgehead atoms. The van der Waals surface area contributed by atoms with Crippen molar-refractivity contribution in [2.24, 2.45) is 5.10 Å². The summed E-state index contributed by atoms with van der Waals surface area (Å²) in [7, 11) is 0. The molecule has 33 heavy (non-hydrogen) atoms. The number of H-pyrrole nitrogens is 1. The predicted molar refractivity (Wildman–Crippen MR) is 127 cm³/mol. The number of imidazole rings is 1. The van der Waals surface area contributed by atoms with E-state index in [1.54, 1.807) is 24.9 Å². The largest absolute Gasteiger partial charge is 0.378 e. The van der Waals surface area contributed by atoms with Crippen molar-refractivity contribution in [1.29, 1.82) is 0 Å². The van der Waals surface area contributed by atoms with Crippen LogP contribution in [-0.4, -0.2) is 62.0 Å². The van der Waals surface area contributed by atoms with E-state index >= 15 is 0 Å². The molecular weight excluding hydrogens is 418 g/mol. The summed E-state index contributed by atoms with van der Waals surface area (Å²) in [5, 5.41) is 5.57. The quantitative estimate of drug-likeness (QED) is 0.320. The van der Waals surface area contributed by atoms with E-state index in [2.05, 4.69) is 36.4 Å². The van der Waals surface area contributed by atoms with Gasteiger partial charge in [0.05, 0.1) is 25.1 Å². The first-order chi connectivity index (χ1) is 16.4. The molecule has 0 aliphatic carbocycles. The molecule has 2 N–H and O–H groups in total. The summed E-state index contributed by atoms with van der Waals surface area (Å²) in [5.41, 5.74) is 7.40. The SMILES string of the molecule is C(=N\Nc1nc(N2CCOCC2)nc2c1ncn2-c1ccncc1)/c1c[nH]c2ccccc12. The number of fused-ring (bicyclic) bond motifs is 2. The third kappa shape index (κ3) is 3.66. The number of para-hydroxylation sites is 1. The molecule has 0 saturated carbocycles. The fourth-order valence-electron chi connectivity index (χ4n) is 3.93. The molecule has 1 fully saturated rings. The van der Waals surface area contributed by atoms with Gasteiger partial charge in [-0.2, -0.15) is 15.1 Å². The Morgan fingerprint density at radius 1 is 1.06 bits per heavy atom. The highest BCUT2D eigenvalue weighted by Crippen LogP contribution is 2.25. The number of aromatic nitrogens is 6. The maximum atomic E-state index is 5.49. The van der Waals surface area contributed by atoms with Crippen LogP contribution in [0.4, 0.5) is 11.8 Å². The monoisotopic (exact) mass is 439 g/mol. The first-order valence-electron chi connectivity index (χ1n) is 10.7. The third-order valence-corrected chi connectivity index (χ3v) is 5.61. The third-order valence-electron chi connectivity index (χ3n) is 5.61. The zero-order valence-electron chi connectivity index (χ0n) is 17.7. The van der Waals surface area contributed by atoms with E-state index in [1.807, 2.05) is 41.1 Å². The number of nitrogens with zero attached hydrogens (tertiary/aromatic N) is 7. The summed E-state index contributed by atoms with van der Waals surface area (Å²) in [6, 6.07) is 11.9. The lowest BCUT2D eigenvalue weighted by molar-refractivity contribution is 0.122. The summed E-state index contributed by atoms with van der Waals surface area (Å²) >= 11 is 0. The van der Waals surface area contributed by atoms with E-state index in [0.717, 1.165) is 35.2 Å². The smallest absolute Gasteiger partial charge is 0.229 e. The number of benzene rings is 1. The van der Waals surface area contributed by atoms with Gasteiger partial charge in [-0.15, -0.1) is 0 Å². The number of aromatic amines is 1. The molecule has 4 aromatic heterocycles. The van der Waals surface area contributed by atoms with Crippen molar-refractivity contribution >= 4 is 40.0 Å². The number of hydrazone groups is 1. The van der Waals surface area contributed by atoms with Crippen LogP contribution in [0.15, 0.2) is 66.4 Å². The predicted octanol–water partition coefficient (Wildman–Crippen LogP) is 2.97. The minimum absolute atomic E-state index is 0.547. The maximum absolute atomic E-state index is 5.49. The van der Waals surface area contributed by atoms with E-state index in [-0.39, 0.29) is 0 Å². The Bertz CT molecular complexity index is 1430. The van der Waals surface area contributed by atoms with Crippen molar-refractivity contribution < 1.29 is 4.74 Å². The van der Waals surface area contributed by atoms with Gasteiger partial charge in [0.1, 0.15) is 6.33 Å². The Morgan fingerprint density at radius 2 is 1.91 bits per heavy atom. The second-order valence-electron chi connectivity index (χ2n) is 7.62. The van der Waals surface area contributed by atoms with Gasteiger partial charge in [0, 0.05) is 48.1 Å². The summed E-state index contributed by atoms with van der Waals surface area (Å²) in [5.74, 6) is 1.16. The average Bonchev–Trinajstić information content (AvgIpc) is 3.50. The van der Waals surface area contributed by atoms with Gasteiger partial charge in [-0.05, 0) is 18.2 Å². The summed E-state index contributed by atoms with van der Waals surface area (Å²) < 4.78 is 7.42. The first kappa shape index (κ1) is 19.4. The van der Waals surface area contributed by atoms with E-state index in [4.69, 9.17) is 14.7 Å². The number of ether oxygens (including phenoxy) is 1. The van der Waals surface area contributed by atoms with Crippen LogP contribution in [0, 0.1) is 0 Å². The fraction of sp³-hybridized carbons (Fsp3) is 0.174. The van der Waals surface area contributed by atoms with E-state index in [0.29, 0.717) is 36.1 Å². The van der Waals surface area contributed by atoms with Crippen LogP contribution >= 0.6 is 0 Å². The Kier molecular flexibility index (Phi) is 4.89. The highest BCUT2D eigenvalue weighted by atomic mass is 16.5. The molecule has 1 aliphatic rings. The molecule has 10 heteroatoms. The molecule has 6 rings (SSSR count). The number of anilines is 2. The van der Waals surface area contributed by atoms with Gasteiger partial charge in [-0.1, -0.05) is 18.2 Å². The van der Waals surface area contributed by atoms with Crippen molar-refractivity contribution in [3.63, 3.8) is 0 Å². The summed E-state index contributed by atoms with van der Waals surface area (Å²) in [6.45, 7) is 2.75. The van der Waals surface area contributed by atoms with Gasteiger partial charge >= 0.3 is 0 Å². The zero-order chi connectivity index (χ0) is 22.0. The minimum Gasteiger partial charge on any atom is -0.378 e. The van der Waals surface area contributed by atoms with Gasteiger partial charge in [0.15, 0.2) is 17.0 Å². The lowest BCUT2D eigenvalue weighted by Crippen LogP contribution is -2.37. The van der Waals surface area contributed by atoms with E-state index in [9.17, 15) is 0 Å². The van der Waals surface area contributed by atoms with Crippen molar-refractivity contribution in [2.45, 2.75) is 0 Å². The molecule has 1 aliphatic heterocycles. The molecule has 10 nitrogen and oxygen atoms in total. The van der Waals surface area contributed by atoms with Crippen molar-refractivity contribution in [3.05, 3.63) is 66.9 Å². The second-order valence-corrected chi connectivity index (χ2v) is 7.62. The Balaban J connectivity index is 1.40. The van der Waals surface area contributed by atoms with Crippen LogP contribution in [0.5, 0.6) is 0 Å². The zero-order valence-corrected chi connectivity index (χ0v) is 17.7. The molecule has 0 unspecified atom stereocenters. The van der Waals surface area contributed by atoms with E-state index < -0.39 is 0 Å². The number of pyridine rings is 1. The van der Waals surface area contributed by atoms with Crippen LogP contribution in [0.2, 0.25) is 0 Å². The van der Waals surface area contributed by atoms with Gasteiger partial charge < -0.3 is 14.6 Å². The number of rotatable bonds is 5. The van der Waals surface area contributed by atoms with Crippen LogP contribution in [0.25, 0.3) is 27.8 Å². The highest BCUT2D eigenvalue weighted by molar-refractivity contribution is 5.99. The molecule has 1 saturated heterocycles. The average molecular weight is 439 g/mol. The molecule has 1 aromatic carbocycles. The Morgan fingerprint density at radius 3 is 2.79 bits per heavy atom. The number of hydrogen-bond donors (Lipinski definition) is 2. The highest BCUT2D eigenvalue weighted by Gasteiger charge is 2.19. The molecular formula is C23H21N9O. The number of nitrogens with one attached hydrogen (secondary N) is 2. The van der Waals surface area contributed by atoms with Crippen LogP contribution < -0.4 is 10.3 Å². The fourth-order valence-corrected chi connectivity index (χ4v) is 3.93. The minimum atomic E-state index is 0.547. The van der Waals surface area contributed by atoms with Crippen LogP contribution in [0.1, 0.15) is 5.56 Å². The molecule has 0 atom stereocenters.